The number of carbonyl (C=O) groups is 1. The largest absolute Gasteiger partial charge is 0.494 e. The van der Waals surface area contributed by atoms with Crippen LogP contribution in [0.4, 0.5) is 0 Å². The molecule has 2 aromatic rings. The van der Waals surface area contributed by atoms with Crippen molar-refractivity contribution in [1.29, 1.82) is 0 Å². The van der Waals surface area contributed by atoms with Crippen molar-refractivity contribution in [2.24, 2.45) is 0 Å². The molecule has 0 amide bonds. The lowest BCUT2D eigenvalue weighted by Crippen LogP contribution is -2.08. The Bertz CT molecular complexity index is 609. The summed E-state index contributed by atoms with van der Waals surface area (Å²) in [4.78, 5) is 15.8. The quantitative estimate of drug-likeness (QED) is 0.846. The van der Waals surface area contributed by atoms with E-state index < -0.39 is 0 Å². The van der Waals surface area contributed by atoms with Crippen LogP contribution in [-0.2, 0) is 0 Å². The molecule has 92 valence electrons. The van der Waals surface area contributed by atoms with Gasteiger partial charge in [-0.05, 0) is 19.1 Å². The molecule has 6 heteroatoms. The molecule has 1 aromatic carbocycles. The summed E-state index contributed by atoms with van der Waals surface area (Å²) >= 11 is 1.41. The van der Waals surface area contributed by atoms with Crippen LogP contribution in [0, 0.1) is 0 Å². The van der Waals surface area contributed by atoms with Crippen LogP contribution in [0.1, 0.15) is 11.7 Å². The van der Waals surface area contributed by atoms with Crippen molar-refractivity contribution in [3.63, 3.8) is 0 Å². The Morgan fingerprint density at radius 2 is 2.39 bits per heavy atom. The van der Waals surface area contributed by atoms with E-state index in [1.165, 1.54) is 16.4 Å². The molecule has 0 aliphatic carbocycles. The molecule has 0 spiro atoms. The molecule has 3 rings (SSSR count). The number of carbonyl (C=O) groups excluding carboxylic acids is 1. The van der Waals surface area contributed by atoms with Crippen molar-refractivity contribution in [3.05, 3.63) is 24.3 Å². The zero-order valence-electron chi connectivity index (χ0n) is 9.79. The minimum Gasteiger partial charge on any atom is -0.494 e. The van der Waals surface area contributed by atoms with Gasteiger partial charge in [-0.2, -0.15) is 4.68 Å². The maximum atomic E-state index is 11.5. The van der Waals surface area contributed by atoms with E-state index in [2.05, 4.69) is 10.1 Å². The van der Waals surface area contributed by atoms with E-state index in [9.17, 15) is 4.79 Å². The van der Waals surface area contributed by atoms with Gasteiger partial charge in [0.2, 0.25) is 0 Å². The highest BCUT2D eigenvalue weighted by molar-refractivity contribution is 8.00. The summed E-state index contributed by atoms with van der Waals surface area (Å²) in [7, 11) is 0. The summed E-state index contributed by atoms with van der Waals surface area (Å²) in [6, 6.07) is 7.56. The zero-order chi connectivity index (χ0) is 12.5. The molecular weight excluding hydrogens is 250 g/mol. The summed E-state index contributed by atoms with van der Waals surface area (Å²) in [5, 5.41) is 4.89. The molecule has 0 atom stereocenters. The summed E-state index contributed by atoms with van der Waals surface area (Å²) in [5.74, 6) is 1.75. The lowest BCUT2D eigenvalue weighted by atomic mass is 10.2. The van der Waals surface area contributed by atoms with E-state index in [0.717, 1.165) is 11.3 Å². The number of nitrogens with zero attached hydrogens (tertiary/aromatic N) is 3. The molecule has 18 heavy (non-hydrogen) atoms. The summed E-state index contributed by atoms with van der Waals surface area (Å²) in [5.41, 5.74) is 0.858. The number of rotatable bonds is 3. The molecule has 2 heterocycles. The number of hydrogen-bond acceptors (Lipinski definition) is 5. The lowest BCUT2D eigenvalue weighted by Gasteiger charge is -2.03. The number of ether oxygens (including phenoxy) is 1. The van der Waals surface area contributed by atoms with E-state index >= 15 is 0 Å². The second-order valence-electron chi connectivity index (χ2n) is 3.77. The van der Waals surface area contributed by atoms with Gasteiger partial charge in [0.1, 0.15) is 5.75 Å². The van der Waals surface area contributed by atoms with Crippen LogP contribution in [0.15, 0.2) is 29.4 Å². The maximum Gasteiger partial charge on any atom is 0.259 e. The van der Waals surface area contributed by atoms with Crippen molar-refractivity contribution in [3.8, 4) is 17.1 Å². The third-order valence-corrected chi connectivity index (χ3v) is 3.46. The minimum absolute atomic E-state index is 0.0188. The fourth-order valence-corrected chi connectivity index (χ4v) is 2.55. The highest BCUT2D eigenvalue weighted by Gasteiger charge is 2.24. The van der Waals surface area contributed by atoms with Crippen molar-refractivity contribution in [1.82, 2.24) is 14.8 Å². The van der Waals surface area contributed by atoms with Crippen molar-refractivity contribution in [2.45, 2.75) is 12.1 Å². The average molecular weight is 261 g/mol. The molecule has 1 aromatic heterocycles. The van der Waals surface area contributed by atoms with Gasteiger partial charge in [0, 0.05) is 5.56 Å². The predicted molar refractivity (Wildman–Crippen MR) is 68.0 cm³/mol. The van der Waals surface area contributed by atoms with Crippen molar-refractivity contribution >= 4 is 17.7 Å². The monoisotopic (exact) mass is 261 g/mol. The SMILES string of the molecule is CCOc1cccc(-c2nc3n(n2)C(=O)CS3)c1. The molecule has 0 unspecified atom stereocenters. The van der Waals surface area contributed by atoms with Gasteiger partial charge < -0.3 is 4.74 Å². The van der Waals surface area contributed by atoms with E-state index in [-0.39, 0.29) is 5.91 Å². The van der Waals surface area contributed by atoms with Crippen LogP contribution in [-0.4, -0.2) is 33.0 Å². The van der Waals surface area contributed by atoms with Crippen molar-refractivity contribution in [2.75, 3.05) is 12.4 Å². The van der Waals surface area contributed by atoms with E-state index in [1.54, 1.807) is 0 Å². The Hall–Kier alpha value is -1.82. The van der Waals surface area contributed by atoms with Gasteiger partial charge in [-0.15, -0.1) is 5.10 Å². The van der Waals surface area contributed by atoms with E-state index in [4.69, 9.17) is 4.74 Å². The normalized spacial score (nSPS) is 13.7. The van der Waals surface area contributed by atoms with Crippen LogP contribution in [0.2, 0.25) is 0 Å². The van der Waals surface area contributed by atoms with Crippen LogP contribution in [0.25, 0.3) is 11.4 Å². The molecule has 1 aliphatic rings. The number of benzene rings is 1. The first-order valence-corrected chi connectivity index (χ1v) is 6.63. The summed E-state index contributed by atoms with van der Waals surface area (Å²) < 4.78 is 6.80. The Kier molecular flexibility index (Phi) is 2.79. The first kappa shape index (κ1) is 11.3. The Labute approximate surface area is 108 Å². The third kappa shape index (κ3) is 1.88. The molecule has 1 aliphatic heterocycles. The molecule has 0 saturated carbocycles. The molecule has 0 radical (unpaired) electrons. The zero-order valence-corrected chi connectivity index (χ0v) is 10.6. The van der Waals surface area contributed by atoms with Gasteiger partial charge in [0.25, 0.3) is 5.91 Å². The van der Waals surface area contributed by atoms with Crippen molar-refractivity contribution < 1.29 is 9.53 Å². The number of fused-ring (bicyclic) bond motifs is 1. The highest BCUT2D eigenvalue weighted by atomic mass is 32.2. The van der Waals surface area contributed by atoms with Crippen LogP contribution < -0.4 is 4.74 Å². The first-order chi connectivity index (χ1) is 8.78. The molecule has 5 nitrogen and oxygen atoms in total. The topological polar surface area (TPSA) is 57.0 Å². The number of thioether (sulfide) groups is 1. The smallest absolute Gasteiger partial charge is 0.259 e. The molecule has 0 saturated heterocycles. The molecule has 0 fully saturated rings. The van der Waals surface area contributed by atoms with E-state index in [0.29, 0.717) is 23.3 Å². The summed E-state index contributed by atoms with van der Waals surface area (Å²) in [6.45, 7) is 2.55. The fraction of sp³-hybridized carbons (Fsp3) is 0.250. The standard InChI is InChI=1S/C12H11N3O2S/c1-2-17-9-5-3-4-8(6-9)11-13-12-15(14-11)10(16)7-18-12/h3-6H,2,7H2,1H3. The van der Waals surface area contributed by atoms with Crippen LogP contribution >= 0.6 is 11.8 Å². The molecule has 0 bridgehead atoms. The summed E-state index contributed by atoms with van der Waals surface area (Å²) in [6.07, 6.45) is 0. The Morgan fingerprint density at radius 3 is 3.17 bits per heavy atom. The number of hydrogen-bond donors (Lipinski definition) is 0. The van der Waals surface area contributed by atoms with Crippen LogP contribution in [0.5, 0.6) is 5.75 Å². The average Bonchev–Trinajstić information content (AvgIpc) is 2.93. The predicted octanol–water partition coefficient (Wildman–Crippen LogP) is 2.09. The van der Waals surface area contributed by atoms with Crippen LogP contribution in [0.3, 0.4) is 0 Å². The highest BCUT2D eigenvalue weighted by Crippen LogP contribution is 2.27. The van der Waals surface area contributed by atoms with Gasteiger partial charge in [-0.1, -0.05) is 23.9 Å². The lowest BCUT2D eigenvalue weighted by molar-refractivity contribution is 0.0923. The minimum atomic E-state index is -0.0188. The van der Waals surface area contributed by atoms with Gasteiger partial charge in [0.15, 0.2) is 11.0 Å². The third-order valence-electron chi connectivity index (χ3n) is 2.54. The second-order valence-corrected chi connectivity index (χ2v) is 4.72. The van der Waals surface area contributed by atoms with Gasteiger partial charge in [-0.25, -0.2) is 4.98 Å². The fourth-order valence-electron chi connectivity index (χ4n) is 1.76. The Balaban J connectivity index is 1.97. The number of aromatic nitrogens is 3. The second kappa shape index (κ2) is 4.45. The molecule has 0 N–H and O–H groups in total. The molecular formula is C12H11N3O2S. The van der Waals surface area contributed by atoms with Gasteiger partial charge in [0.05, 0.1) is 12.4 Å². The van der Waals surface area contributed by atoms with Gasteiger partial charge in [-0.3, -0.25) is 4.79 Å². The van der Waals surface area contributed by atoms with Gasteiger partial charge >= 0.3 is 0 Å². The van der Waals surface area contributed by atoms with E-state index in [1.807, 2.05) is 31.2 Å². The maximum absolute atomic E-state index is 11.5. The first-order valence-electron chi connectivity index (χ1n) is 5.64. The Morgan fingerprint density at radius 1 is 1.50 bits per heavy atom.